The first kappa shape index (κ1) is 15.8. The zero-order valence-corrected chi connectivity index (χ0v) is 16.3. The van der Waals surface area contributed by atoms with Gasteiger partial charge in [0.15, 0.2) is 0 Å². The van der Waals surface area contributed by atoms with Gasteiger partial charge in [-0.05, 0) is 40.5 Å². The predicted molar refractivity (Wildman–Crippen MR) is 118 cm³/mol. The van der Waals surface area contributed by atoms with E-state index in [-0.39, 0.29) is 0 Å². The van der Waals surface area contributed by atoms with Crippen LogP contribution in [-0.4, -0.2) is 0 Å². The van der Waals surface area contributed by atoms with Crippen molar-refractivity contribution in [1.29, 1.82) is 0 Å². The summed E-state index contributed by atoms with van der Waals surface area (Å²) in [6.45, 7) is 0. The molecular weight excluding hydrogens is 400 g/mol. The van der Waals surface area contributed by atoms with Crippen molar-refractivity contribution in [2.75, 3.05) is 0 Å². The Balaban J connectivity index is 1.84. The molecule has 0 atom stereocenters. The third-order valence-corrected chi connectivity index (χ3v) is 6.50. The Hall–Kier alpha value is -2.42. The van der Waals surface area contributed by atoms with Gasteiger partial charge in [-0.25, -0.2) is 0 Å². The molecule has 0 fully saturated rings. The number of fused-ring (bicyclic) bond motifs is 3. The van der Waals surface area contributed by atoms with Gasteiger partial charge >= 0.3 is 0 Å². The highest BCUT2D eigenvalue weighted by Gasteiger charge is 2.13. The molecule has 0 unspecified atom stereocenters. The lowest BCUT2D eigenvalue weighted by atomic mass is 9.97. The van der Waals surface area contributed by atoms with E-state index in [1.54, 1.807) is 0 Å². The third kappa shape index (κ3) is 2.57. The summed E-state index contributed by atoms with van der Waals surface area (Å²) in [5.41, 5.74) is 5.14. The first-order chi connectivity index (χ1) is 12.8. The van der Waals surface area contributed by atoms with Crippen LogP contribution in [0.25, 0.3) is 42.4 Å². The van der Waals surface area contributed by atoms with Crippen LogP contribution >= 0.6 is 27.3 Å². The SMILES string of the molecule is Brc1ccc(-c2cccc3sc4c(-c5ccccc5)cccc4c23)cc1. The fourth-order valence-electron chi connectivity index (χ4n) is 3.56. The van der Waals surface area contributed by atoms with Crippen LogP contribution in [0.3, 0.4) is 0 Å². The van der Waals surface area contributed by atoms with Gasteiger partial charge in [0.25, 0.3) is 0 Å². The maximum absolute atomic E-state index is 3.54. The van der Waals surface area contributed by atoms with E-state index >= 15 is 0 Å². The number of hydrogen-bond acceptors (Lipinski definition) is 1. The lowest BCUT2D eigenvalue weighted by Crippen LogP contribution is -1.80. The molecule has 26 heavy (non-hydrogen) atoms. The molecule has 0 amide bonds. The molecule has 0 radical (unpaired) electrons. The topological polar surface area (TPSA) is 0 Å². The Morgan fingerprint density at radius 3 is 2.08 bits per heavy atom. The standard InChI is InChI=1S/C24H15BrS/c25-18-14-12-17(13-15-18)19-8-5-11-22-23(19)21-10-4-9-20(24(21)26-22)16-6-2-1-3-7-16/h1-15H. The number of thiophene rings is 1. The Kier molecular flexibility index (Phi) is 3.88. The van der Waals surface area contributed by atoms with Crippen molar-refractivity contribution < 1.29 is 0 Å². The zero-order valence-electron chi connectivity index (χ0n) is 13.9. The van der Waals surface area contributed by atoms with Gasteiger partial charge in [0.1, 0.15) is 0 Å². The van der Waals surface area contributed by atoms with E-state index in [0.29, 0.717) is 0 Å². The van der Waals surface area contributed by atoms with Crippen LogP contribution < -0.4 is 0 Å². The molecule has 0 aliphatic heterocycles. The molecule has 2 heteroatoms. The van der Waals surface area contributed by atoms with Crippen LogP contribution in [0.2, 0.25) is 0 Å². The van der Waals surface area contributed by atoms with Crippen LogP contribution in [0.1, 0.15) is 0 Å². The van der Waals surface area contributed by atoms with E-state index in [2.05, 4.69) is 107 Å². The molecule has 1 heterocycles. The summed E-state index contributed by atoms with van der Waals surface area (Å²) >= 11 is 5.42. The van der Waals surface area contributed by atoms with Gasteiger partial charge in [-0.15, -0.1) is 11.3 Å². The predicted octanol–water partition coefficient (Wildman–Crippen LogP) is 8.15. The molecular formula is C24H15BrS. The van der Waals surface area contributed by atoms with E-state index < -0.39 is 0 Å². The number of rotatable bonds is 2. The minimum Gasteiger partial charge on any atom is -0.135 e. The van der Waals surface area contributed by atoms with Crippen molar-refractivity contribution in [1.82, 2.24) is 0 Å². The van der Waals surface area contributed by atoms with Crippen molar-refractivity contribution in [3.63, 3.8) is 0 Å². The molecule has 0 nitrogen and oxygen atoms in total. The summed E-state index contributed by atoms with van der Waals surface area (Å²) in [5.74, 6) is 0. The quantitative estimate of drug-likeness (QED) is 0.273. The Morgan fingerprint density at radius 1 is 0.577 bits per heavy atom. The maximum atomic E-state index is 3.54. The van der Waals surface area contributed by atoms with Crippen molar-refractivity contribution in [2.24, 2.45) is 0 Å². The lowest BCUT2D eigenvalue weighted by Gasteiger charge is -2.06. The van der Waals surface area contributed by atoms with Gasteiger partial charge in [0, 0.05) is 24.6 Å². The monoisotopic (exact) mass is 414 g/mol. The van der Waals surface area contributed by atoms with Gasteiger partial charge in [0.2, 0.25) is 0 Å². The van der Waals surface area contributed by atoms with E-state index in [9.17, 15) is 0 Å². The fourth-order valence-corrected chi connectivity index (χ4v) is 5.09. The molecule has 0 saturated carbocycles. The molecule has 124 valence electrons. The van der Waals surface area contributed by atoms with Crippen molar-refractivity contribution >= 4 is 47.4 Å². The maximum Gasteiger partial charge on any atom is 0.0434 e. The van der Waals surface area contributed by atoms with Gasteiger partial charge in [-0.3, -0.25) is 0 Å². The van der Waals surface area contributed by atoms with Crippen LogP contribution in [0, 0.1) is 0 Å². The summed E-state index contributed by atoms with van der Waals surface area (Å²) in [6.07, 6.45) is 0. The average molecular weight is 415 g/mol. The second-order valence-electron chi connectivity index (χ2n) is 6.34. The second-order valence-corrected chi connectivity index (χ2v) is 8.30. The molecule has 0 spiro atoms. The molecule has 4 aromatic carbocycles. The minimum atomic E-state index is 1.11. The second kappa shape index (κ2) is 6.39. The largest absolute Gasteiger partial charge is 0.135 e. The molecule has 0 aliphatic carbocycles. The van der Waals surface area contributed by atoms with Crippen LogP contribution in [0.5, 0.6) is 0 Å². The van der Waals surface area contributed by atoms with E-state index in [1.165, 1.54) is 42.4 Å². The van der Waals surface area contributed by atoms with Crippen molar-refractivity contribution in [2.45, 2.75) is 0 Å². The Labute approximate surface area is 164 Å². The van der Waals surface area contributed by atoms with Crippen LogP contribution in [-0.2, 0) is 0 Å². The fraction of sp³-hybridized carbons (Fsp3) is 0. The molecule has 0 bridgehead atoms. The molecule has 5 aromatic rings. The highest BCUT2D eigenvalue weighted by atomic mass is 79.9. The Bertz CT molecular complexity index is 1220. The molecule has 5 rings (SSSR count). The Morgan fingerprint density at radius 2 is 1.27 bits per heavy atom. The van der Waals surface area contributed by atoms with Gasteiger partial charge in [-0.1, -0.05) is 88.7 Å². The van der Waals surface area contributed by atoms with Gasteiger partial charge < -0.3 is 0 Å². The summed E-state index contributed by atoms with van der Waals surface area (Å²) in [5, 5.41) is 2.69. The van der Waals surface area contributed by atoms with E-state index in [1.807, 2.05) is 11.3 Å². The minimum absolute atomic E-state index is 1.11. The van der Waals surface area contributed by atoms with Gasteiger partial charge in [0.05, 0.1) is 0 Å². The normalized spacial score (nSPS) is 11.3. The van der Waals surface area contributed by atoms with Gasteiger partial charge in [-0.2, -0.15) is 0 Å². The first-order valence-corrected chi connectivity index (χ1v) is 10.2. The number of halogens is 1. The summed E-state index contributed by atoms with van der Waals surface area (Å²) in [7, 11) is 0. The first-order valence-electron chi connectivity index (χ1n) is 8.57. The summed E-state index contributed by atoms with van der Waals surface area (Å²) in [4.78, 5) is 0. The smallest absolute Gasteiger partial charge is 0.0434 e. The van der Waals surface area contributed by atoms with Crippen LogP contribution in [0.15, 0.2) is 95.5 Å². The molecule has 0 aliphatic rings. The molecule has 0 N–H and O–H groups in total. The zero-order chi connectivity index (χ0) is 17.5. The number of hydrogen-bond donors (Lipinski definition) is 0. The van der Waals surface area contributed by atoms with E-state index in [0.717, 1.165) is 4.47 Å². The lowest BCUT2D eigenvalue weighted by molar-refractivity contribution is 1.63. The summed E-state index contributed by atoms with van der Waals surface area (Å²) in [6, 6.07) is 32.5. The highest BCUT2D eigenvalue weighted by Crippen LogP contribution is 2.43. The highest BCUT2D eigenvalue weighted by molar-refractivity contribution is 9.10. The van der Waals surface area contributed by atoms with E-state index in [4.69, 9.17) is 0 Å². The third-order valence-electron chi connectivity index (χ3n) is 4.76. The average Bonchev–Trinajstić information content (AvgIpc) is 3.08. The van der Waals surface area contributed by atoms with Crippen LogP contribution in [0.4, 0.5) is 0 Å². The molecule has 1 aromatic heterocycles. The van der Waals surface area contributed by atoms with Crippen molar-refractivity contribution in [3.8, 4) is 22.3 Å². The number of benzene rings is 4. The molecule has 0 saturated heterocycles. The summed E-state index contributed by atoms with van der Waals surface area (Å²) < 4.78 is 3.80. The van der Waals surface area contributed by atoms with Crippen molar-refractivity contribution in [3.05, 3.63) is 95.5 Å².